The number of nitrogens with one attached hydrogen (secondary N) is 1. The SMILES string of the molecule is O=C(NCCC(F)(F)F)N1CCCC(CO)C1. The van der Waals surface area contributed by atoms with Crippen LogP contribution in [0.15, 0.2) is 0 Å². The van der Waals surface area contributed by atoms with Gasteiger partial charge < -0.3 is 15.3 Å². The largest absolute Gasteiger partial charge is 0.396 e. The first kappa shape index (κ1) is 14.1. The molecule has 7 heteroatoms. The topological polar surface area (TPSA) is 52.6 Å². The van der Waals surface area contributed by atoms with Crippen molar-refractivity contribution >= 4 is 6.03 Å². The number of piperidine rings is 1. The summed E-state index contributed by atoms with van der Waals surface area (Å²) in [5.74, 6) is 0.0390. The molecule has 1 aliphatic rings. The van der Waals surface area contributed by atoms with Crippen LogP contribution in [-0.4, -0.2) is 48.5 Å². The second-order valence-electron chi connectivity index (χ2n) is 4.23. The number of carbonyl (C=O) groups is 1. The average molecular weight is 254 g/mol. The van der Waals surface area contributed by atoms with Crippen LogP contribution in [0.25, 0.3) is 0 Å². The molecule has 2 N–H and O–H groups in total. The van der Waals surface area contributed by atoms with Crippen molar-refractivity contribution in [2.45, 2.75) is 25.4 Å². The third-order valence-electron chi connectivity index (χ3n) is 2.75. The van der Waals surface area contributed by atoms with Crippen LogP contribution in [0.1, 0.15) is 19.3 Å². The van der Waals surface area contributed by atoms with Crippen molar-refractivity contribution in [2.24, 2.45) is 5.92 Å². The average Bonchev–Trinajstić information content (AvgIpc) is 2.27. The molecule has 0 radical (unpaired) electrons. The highest BCUT2D eigenvalue weighted by Gasteiger charge is 2.28. The molecular formula is C10H17F3N2O2. The van der Waals surface area contributed by atoms with Gasteiger partial charge in [0.2, 0.25) is 0 Å². The predicted molar refractivity (Wildman–Crippen MR) is 55.5 cm³/mol. The number of nitrogens with zero attached hydrogens (tertiary/aromatic N) is 1. The van der Waals surface area contributed by atoms with Crippen molar-refractivity contribution < 1.29 is 23.1 Å². The Bertz CT molecular complexity index is 258. The summed E-state index contributed by atoms with van der Waals surface area (Å²) >= 11 is 0. The van der Waals surface area contributed by atoms with E-state index in [0.29, 0.717) is 13.1 Å². The Balaban J connectivity index is 2.27. The van der Waals surface area contributed by atoms with Gasteiger partial charge in [0, 0.05) is 26.2 Å². The second kappa shape index (κ2) is 6.09. The van der Waals surface area contributed by atoms with Gasteiger partial charge in [0.1, 0.15) is 0 Å². The number of likely N-dealkylation sites (tertiary alicyclic amines) is 1. The molecule has 0 aromatic carbocycles. The maximum Gasteiger partial charge on any atom is 0.390 e. The van der Waals surface area contributed by atoms with Crippen LogP contribution in [0.3, 0.4) is 0 Å². The summed E-state index contributed by atoms with van der Waals surface area (Å²) in [4.78, 5) is 13.0. The van der Waals surface area contributed by atoms with Gasteiger partial charge in [0.25, 0.3) is 0 Å². The molecule has 1 fully saturated rings. The summed E-state index contributed by atoms with van der Waals surface area (Å²) in [7, 11) is 0. The molecule has 1 atom stereocenters. The van der Waals surface area contributed by atoms with E-state index in [0.717, 1.165) is 12.8 Å². The Kier molecular flexibility index (Phi) is 5.04. The van der Waals surface area contributed by atoms with Crippen molar-refractivity contribution in [3.8, 4) is 0 Å². The van der Waals surface area contributed by atoms with Crippen LogP contribution in [0.2, 0.25) is 0 Å². The van der Waals surface area contributed by atoms with Gasteiger partial charge in [-0.25, -0.2) is 4.79 Å². The van der Waals surface area contributed by atoms with Gasteiger partial charge in [-0.1, -0.05) is 0 Å². The van der Waals surface area contributed by atoms with Crippen LogP contribution in [-0.2, 0) is 0 Å². The highest BCUT2D eigenvalue weighted by Crippen LogP contribution is 2.19. The summed E-state index contributed by atoms with van der Waals surface area (Å²) in [6.45, 7) is 0.553. The number of carbonyl (C=O) groups excluding carboxylic acids is 1. The van der Waals surface area contributed by atoms with E-state index in [2.05, 4.69) is 5.32 Å². The van der Waals surface area contributed by atoms with Gasteiger partial charge in [-0.15, -0.1) is 0 Å². The lowest BCUT2D eigenvalue weighted by Gasteiger charge is -2.31. The van der Waals surface area contributed by atoms with Crippen LogP contribution in [0, 0.1) is 5.92 Å². The number of halogens is 3. The molecule has 0 spiro atoms. The highest BCUT2D eigenvalue weighted by atomic mass is 19.4. The van der Waals surface area contributed by atoms with Crippen molar-refractivity contribution in [3.05, 3.63) is 0 Å². The zero-order valence-corrected chi connectivity index (χ0v) is 9.46. The van der Waals surface area contributed by atoms with Crippen molar-refractivity contribution in [3.63, 3.8) is 0 Å². The van der Waals surface area contributed by atoms with Gasteiger partial charge in [0.05, 0.1) is 6.42 Å². The molecule has 0 bridgehead atoms. The molecule has 4 nitrogen and oxygen atoms in total. The van der Waals surface area contributed by atoms with Crippen LogP contribution >= 0.6 is 0 Å². The minimum absolute atomic E-state index is 0.00628. The number of hydrogen-bond donors (Lipinski definition) is 2. The molecule has 1 aliphatic heterocycles. The number of aliphatic hydroxyl groups excluding tert-OH is 1. The Hall–Kier alpha value is -0.980. The van der Waals surface area contributed by atoms with Crippen LogP contribution in [0.5, 0.6) is 0 Å². The first-order chi connectivity index (χ1) is 7.92. The zero-order chi connectivity index (χ0) is 12.9. The van der Waals surface area contributed by atoms with Crippen molar-refractivity contribution in [2.75, 3.05) is 26.2 Å². The summed E-state index contributed by atoms with van der Waals surface area (Å²) in [6.07, 6.45) is -3.64. The molecule has 1 unspecified atom stereocenters. The fraction of sp³-hybridized carbons (Fsp3) is 0.900. The van der Waals surface area contributed by atoms with E-state index in [1.807, 2.05) is 0 Å². The van der Waals surface area contributed by atoms with E-state index < -0.39 is 25.2 Å². The summed E-state index contributed by atoms with van der Waals surface area (Å²) in [5.41, 5.74) is 0. The second-order valence-corrected chi connectivity index (χ2v) is 4.23. The van der Waals surface area contributed by atoms with Gasteiger partial charge in [0.15, 0.2) is 0 Å². The van der Waals surface area contributed by atoms with E-state index in [9.17, 15) is 18.0 Å². The number of urea groups is 1. The molecule has 0 aromatic heterocycles. The summed E-state index contributed by atoms with van der Waals surface area (Å²) < 4.78 is 35.6. The van der Waals surface area contributed by atoms with Gasteiger partial charge >= 0.3 is 12.2 Å². The third-order valence-corrected chi connectivity index (χ3v) is 2.75. The molecule has 1 rings (SSSR count). The number of alkyl halides is 3. The summed E-state index contributed by atoms with van der Waals surface area (Å²) in [5, 5.41) is 11.2. The van der Waals surface area contributed by atoms with E-state index in [1.165, 1.54) is 4.90 Å². The Morgan fingerprint density at radius 1 is 1.47 bits per heavy atom. The molecular weight excluding hydrogens is 237 g/mol. The lowest BCUT2D eigenvalue weighted by atomic mass is 9.99. The number of amides is 2. The predicted octanol–water partition coefficient (Wildman–Crippen LogP) is 1.35. The van der Waals surface area contributed by atoms with Crippen LogP contribution in [0.4, 0.5) is 18.0 Å². The minimum Gasteiger partial charge on any atom is -0.396 e. The summed E-state index contributed by atoms with van der Waals surface area (Å²) in [6, 6.07) is -0.479. The standard InChI is InChI=1S/C10H17F3N2O2/c11-10(12,13)3-4-14-9(17)15-5-1-2-8(6-15)7-16/h8,16H,1-7H2,(H,14,17). The van der Waals surface area contributed by atoms with Crippen LogP contribution < -0.4 is 5.32 Å². The molecule has 1 saturated heterocycles. The monoisotopic (exact) mass is 254 g/mol. The number of aliphatic hydroxyl groups is 1. The maximum atomic E-state index is 11.9. The van der Waals surface area contributed by atoms with Crippen molar-refractivity contribution in [1.29, 1.82) is 0 Å². The molecule has 0 aliphatic carbocycles. The molecule has 0 aromatic rings. The number of hydrogen-bond acceptors (Lipinski definition) is 2. The minimum atomic E-state index is -4.25. The van der Waals surface area contributed by atoms with Gasteiger partial charge in [-0.2, -0.15) is 13.2 Å². The Morgan fingerprint density at radius 3 is 2.76 bits per heavy atom. The zero-order valence-electron chi connectivity index (χ0n) is 9.46. The van der Waals surface area contributed by atoms with Crippen molar-refractivity contribution in [1.82, 2.24) is 10.2 Å². The highest BCUT2D eigenvalue weighted by molar-refractivity contribution is 5.74. The van der Waals surface area contributed by atoms with E-state index in [4.69, 9.17) is 5.11 Å². The molecule has 17 heavy (non-hydrogen) atoms. The molecule has 100 valence electrons. The van der Waals surface area contributed by atoms with Gasteiger partial charge in [-0.05, 0) is 18.8 Å². The normalized spacial score (nSPS) is 21.4. The first-order valence-corrected chi connectivity index (χ1v) is 5.63. The Morgan fingerprint density at radius 2 is 2.18 bits per heavy atom. The van der Waals surface area contributed by atoms with Gasteiger partial charge in [-0.3, -0.25) is 0 Å². The lowest BCUT2D eigenvalue weighted by Crippen LogP contribution is -2.46. The first-order valence-electron chi connectivity index (χ1n) is 5.63. The smallest absolute Gasteiger partial charge is 0.390 e. The van der Waals surface area contributed by atoms with E-state index in [-0.39, 0.29) is 12.5 Å². The Labute approximate surface area is 97.8 Å². The molecule has 0 saturated carbocycles. The quantitative estimate of drug-likeness (QED) is 0.798. The lowest BCUT2D eigenvalue weighted by molar-refractivity contribution is -0.133. The maximum absolute atomic E-state index is 11.9. The van der Waals surface area contributed by atoms with E-state index in [1.54, 1.807) is 0 Å². The third kappa shape index (κ3) is 5.25. The molecule has 2 amide bonds. The number of rotatable bonds is 3. The van der Waals surface area contributed by atoms with E-state index >= 15 is 0 Å². The fourth-order valence-corrected chi connectivity index (χ4v) is 1.82. The fourth-order valence-electron chi connectivity index (χ4n) is 1.82. The molecule has 1 heterocycles.